The van der Waals surface area contributed by atoms with E-state index in [1.807, 2.05) is 4.90 Å². The monoisotopic (exact) mass is 287 g/mol. The Bertz CT molecular complexity index is 196. The van der Waals surface area contributed by atoms with Crippen LogP contribution in [-0.2, 0) is 0 Å². The minimum Gasteiger partial charge on any atom is -1.00 e. The molecule has 1 N–H and O–H groups in total. The largest absolute Gasteiger partial charge is 1.00 e. The summed E-state index contributed by atoms with van der Waals surface area (Å²) in [5.74, 6) is 0.979. The van der Waals surface area contributed by atoms with Crippen molar-refractivity contribution >= 4 is 0 Å². The summed E-state index contributed by atoms with van der Waals surface area (Å²) in [7, 11) is 0. The van der Waals surface area contributed by atoms with E-state index in [4.69, 9.17) is 0 Å². The topological polar surface area (TPSA) is 4.44 Å². The molecular weight excluding hydrogens is 249 g/mol. The van der Waals surface area contributed by atoms with E-state index >= 15 is 0 Å². The highest BCUT2D eigenvalue weighted by molar-refractivity contribution is 4.55. The molecule has 2 heteroatoms. The number of hydrogen-bond donors (Lipinski definition) is 1. The first kappa shape index (κ1) is 19.9. The minimum absolute atomic E-state index is 0. The number of unbranched alkanes of at least 4 members (excludes halogenated alkanes) is 9. The van der Waals surface area contributed by atoms with Gasteiger partial charge < -0.3 is 9.60 Å². The third-order valence-electron chi connectivity index (χ3n) is 4.75. The van der Waals surface area contributed by atoms with Gasteiger partial charge in [0.05, 0.1) is 19.6 Å². The smallest absolute Gasteiger partial charge is 0.0796 e. The van der Waals surface area contributed by atoms with Gasteiger partial charge in [-0.1, -0.05) is 65.2 Å². The Hall–Kier alpha value is -0.110. The fourth-order valence-corrected chi connectivity index (χ4v) is 3.49. The van der Waals surface area contributed by atoms with Crippen molar-refractivity contribution < 1.29 is 9.60 Å². The first-order valence-corrected chi connectivity index (χ1v) is 9.16. The summed E-state index contributed by atoms with van der Waals surface area (Å²) in [4.78, 5) is 1.89. The van der Waals surface area contributed by atoms with Gasteiger partial charge in [0, 0.05) is 5.92 Å². The number of likely N-dealkylation sites (tertiary alicyclic amines) is 1. The minimum atomic E-state index is 0. The van der Waals surface area contributed by atoms with Gasteiger partial charge in [0.1, 0.15) is 0 Å². The molecule has 0 radical (unpaired) electrons. The summed E-state index contributed by atoms with van der Waals surface area (Å²) in [5, 5.41) is 0. The molecule has 2 unspecified atom stereocenters. The molecule has 122 valence electrons. The van der Waals surface area contributed by atoms with E-state index in [0.29, 0.717) is 0 Å². The van der Waals surface area contributed by atoms with Crippen LogP contribution in [0.5, 0.6) is 0 Å². The van der Waals surface area contributed by atoms with Crippen LogP contribution in [0.25, 0.3) is 0 Å². The summed E-state index contributed by atoms with van der Waals surface area (Å²) < 4.78 is 0. The van der Waals surface area contributed by atoms with Crippen molar-refractivity contribution in [3.05, 3.63) is 0 Å². The van der Waals surface area contributed by atoms with Crippen LogP contribution in [-0.4, -0.2) is 19.6 Å². The molecule has 0 aromatic heterocycles. The lowest BCUT2D eigenvalue weighted by Crippen LogP contribution is -3.13. The second-order valence-corrected chi connectivity index (χ2v) is 6.88. The number of rotatable bonds is 11. The van der Waals surface area contributed by atoms with Gasteiger partial charge in [0.15, 0.2) is 0 Å². The van der Waals surface area contributed by atoms with Gasteiger partial charge in [-0.3, -0.25) is 0 Å². The van der Waals surface area contributed by atoms with E-state index in [0.717, 1.165) is 5.92 Å². The average molecular weight is 288 g/mol. The summed E-state index contributed by atoms with van der Waals surface area (Å²) >= 11 is 0. The molecular formula is C18H38FN. The molecule has 1 rings (SSSR count). The second-order valence-electron chi connectivity index (χ2n) is 6.88. The van der Waals surface area contributed by atoms with E-state index in [1.54, 1.807) is 0 Å². The Labute approximate surface area is 126 Å². The zero-order valence-corrected chi connectivity index (χ0v) is 14.1. The number of nitrogens with one attached hydrogen (secondary N) is 1. The van der Waals surface area contributed by atoms with Crippen LogP contribution >= 0.6 is 0 Å². The Balaban J connectivity index is 0.00000361. The molecule has 0 spiro atoms. The zero-order chi connectivity index (χ0) is 13.8. The maximum atomic E-state index is 2.43. The average Bonchev–Trinajstić information content (AvgIpc) is 2.41. The molecule has 0 aromatic rings. The Kier molecular flexibility index (Phi) is 13.8. The van der Waals surface area contributed by atoms with Gasteiger partial charge in [0.2, 0.25) is 0 Å². The van der Waals surface area contributed by atoms with Crippen molar-refractivity contribution in [3.63, 3.8) is 0 Å². The van der Waals surface area contributed by atoms with E-state index in [9.17, 15) is 0 Å². The van der Waals surface area contributed by atoms with Crippen LogP contribution < -0.4 is 9.60 Å². The molecule has 0 aliphatic carbocycles. The molecule has 0 saturated carbocycles. The summed E-state index contributed by atoms with van der Waals surface area (Å²) in [5.41, 5.74) is 0. The van der Waals surface area contributed by atoms with Crippen molar-refractivity contribution in [1.82, 2.24) is 0 Å². The molecule has 0 amide bonds. The highest BCUT2D eigenvalue weighted by Gasteiger charge is 2.18. The van der Waals surface area contributed by atoms with Crippen molar-refractivity contribution in [3.8, 4) is 0 Å². The van der Waals surface area contributed by atoms with Crippen molar-refractivity contribution in [2.75, 3.05) is 19.6 Å². The SMILES string of the molecule is CCCCCCCCCCCC[NH+]1CCCC(C)C1.[F-]. The maximum Gasteiger partial charge on any atom is 0.0796 e. The highest BCUT2D eigenvalue weighted by Crippen LogP contribution is 2.10. The van der Waals surface area contributed by atoms with Gasteiger partial charge in [-0.15, -0.1) is 0 Å². The standard InChI is InChI=1S/C18H37N.FH/c1-3-4-5-6-7-8-9-10-11-12-15-19-16-13-14-18(2)17-19;/h18H,3-17H2,1-2H3;1H. The van der Waals surface area contributed by atoms with E-state index < -0.39 is 0 Å². The predicted molar refractivity (Wildman–Crippen MR) is 85.8 cm³/mol. The third kappa shape index (κ3) is 10.7. The van der Waals surface area contributed by atoms with E-state index in [2.05, 4.69) is 13.8 Å². The molecule has 1 saturated heterocycles. The van der Waals surface area contributed by atoms with Crippen molar-refractivity contribution in [2.45, 2.75) is 90.9 Å². The fraction of sp³-hybridized carbons (Fsp3) is 1.00. The predicted octanol–water partition coefficient (Wildman–Crippen LogP) is 1.23. The van der Waals surface area contributed by atoms with Crippen LogP contribution in [0.2, 0.25) is 0 Å². The number of halogens is 1. The lowest BCUT2D eigenvalue weighted by molar-refractivity contribution is -0.908. The Morgan fingerprint density at radius 2 is 1.40 bits per heavy atom. The van der Waals surface area contributed by atoms with Crippen LogP contribution in [0, 0.1) is 5.92 Å². The lowest BCUT2D eigenvalue weighted by atomic mass is 10.00. The molecule has 1 aliphatic heterocycles. The molecule has 1 fully saturated rings. The number of hydrogen-bond acceptors (Lipinski definition) is 0. The van der Waals surface area contributed by atoms with Gasteiger partial charge in [0.25, 0.3) is 0 Å². The van der Waals surface area contributed by atoms with E-state index in [-0.39, 0.29) is 4.70 Å². The highest BCUT2D eigenvalue weighted by atomic mass is 19.0. The molecule has 20 heavy (non-hydrogen) atoms. The lowest BCUT2D eigenvalue weighted by Gasteiger charge is -2.27. The molecule has 1 aliphatic rings. The van der Waals surface area contributed by atoms with Crippen LogP contribution in [0.4, 0.5) is 0 Å². The summed E-state index contributed by atoms with van der Waals surface area (Å²) in [6.45, 7) is 9.06. The van der Waals surface area contributed by atoms with Gasteiger partial charge in [-0.25, -0.2) is 0 Å². The Morgan fingerprint density at radius 1 is 0.850 bits per heavy atom. The first-order chi connectivity index (χ1) is 9.33. The molecule has 1 nitrogen and oxygen atoms in total. The first-order valence-electron chi connectivity index (χ1n) is 9.16. The van der Waals surface area contributed by atoms with Crippen molar-refractivity contribution in [2.24, 2.45) is 5.92 Å². The van der Waals surface area contributed by atoms with Crippen molar-refractivity contribution in [1.29, 1.82) is 0 Å². The zero-order valence-electron chi connectivity index (χ0n) is 14.1. The number of quaternary nitrogens is 1. The quantitative estimate of drug-likeness (QED) is 0.545. The molecule has 0 aromatic carbocycles. The van der Waals surface area contributed by atoms with Gasteiger partial charge in [-0.2, -0.15) is 0 Å². The third-order valence-corrected chi connectivity index (χ3v) is 4.75. The second kappa shape index (κ2) is 13.9. The van der Waals surface area contributed by atoms with Crippen LogP contribution in [0.3, 0.4) is 0 Å². The normalized spacial score (nSPS) is 22.5. The number of piperidine rings is 1. The van der Waals surface area contributed by atoms with Gasteiger partial charge >= 0.3 is 0 Å². The van der Waals surface area contributed by atoms with Gasteiger partial charge in [-0.05, 0) is 25.7 Å². The summed E-state index contributed by atoms with van der Waals surface area (Å²) in [6.07, 6.45) is 17.6. The maximum absolute atomic E-state index is 2.43. The molecule has 0 bridgehead atoms. The Morgan fingerprint density at radius 3 is 1.95 bits per heavy atom. The fourth-order valence-electron chi connectivity index (χ4n) is 3.49. The van der Waals surface area contributed by atoms with Crippen LogP contribution in [0.1, 0.15) is 90.9 Å². The molecule has 2 atom stereocenters. The molecule has 1 heterocycles. The van der Waals surface area contributed by atoms with E-state index in [1.165, 1.54) is 96.7 Å². The van der Waals surface area contributed by atoms with Crippen LogP contribution in [0.15, 0.2) is 0 Å². The summed E-state index contributed by atoms with van der Waals surface area (Å²) in [6, 6.07) is 0.